The quantitative estimate of drug-likeness (QED) is 0.779. The van der Waals surface area contributed by atoms with Crippen LogP contribution < -0.4 is 4.72 Å². The van der Waals surface area contributed by atoms with Crippen LogP contribution in [0.4, 0.5) is 0 Å². The molecule has 1 aromatic rings. The van der Waals surface area contributed by atoms with Crippen LogP contribution in [0.25, 0.3) is 0 Å². The van der Waals surface area contributed by atoms with Crippen LogP contribution in [-0.2, 0) is 20.0 Å². The van der Waals surface area contributed by atoms with Crippen molar-refractivity contribution < 1.29 is 16.8 Å². The minimum atomic E-state index is -3.50. The molecule has 0 aliphatic carbocycles. The van der Waals surface area contributed by atoms with Crippen LogP contribution >= 0.6 is 0 Å². The molecule has 1 aliphatic heterocycles. The molecule has 6 nitrogen and oxygen atoms in total. The SMILES string of the molecule is C=CS(=O)(=O)NCC1CCN(S(=O)(=O)c2ccc(C(C)C)cc2)CC1. The van der Waals surface area contributed by atoms with Crippen LogP contribution in [0.3, 0.4) is 0 Å². The first-order valence-electron chi connectivity index (χ1n) is 8.38. The molecule has 0 unspecified atom stereocenters. The molecule has 1 aliphatic rings. The highest BCUT2D eigenvalue weighted by Crippen LogP contribution is 2.25. The van der Waals surface area contributed by atoms with E-state index in [1.165, 1.54) is 4.31 Å². The number of hydrogen-bond donors (Lipinski definition) is 1. The Kier molecular flexibility index (Phi) is 6.42. The highest BCUT2D eigenvalue weighted by molar-refractivity contribution is 7.92. The van der Waals surface area contributed by atoms with Crippen molar-refractivity contribution in [3.05, 3.63) is 41.8 Å². The predicted octanol–water partition coefficient (Wildman–Crippen LogP) is 2.27. The van der Waals surface area contributed by atoms with E-state index < -0.39 is 20.0 Å². The van der Waals surface area contributed by atoms with Gasteiger partial charge in [-0.25, -0.2) is 21.6 Å². The average molecular weight is 387 g/mol. The van der Waals surface area contributed by atoms with Crippen molar-refractivity contribution in [3.8, 4) is 0 Å². The topological polar surface area (TPSA) is 83.6 Å². The lowest BCUT2D eigenvalue weighted by atomic mass is 9.99. The lowest BCUT2D eigenvalue weighted by Gasteiger charge is -2.31. The Labute approximate surface area is 151 Å². The molecule has 2 rings (SSSR count). The zero-order valence-corrected chi connectivity index (χ0v) is 16.3. The largest absolute Gasteiger partial charge is 0.243 e. The highest BCUT2D eigenvalue weighted by atomic mass is 32.2. The van der Waals surface area contributed by atoms with E-state index in [1.54, 1.807) is 12.1 Å². The van der Waals surface area contributed by atoms with Gasteiger partial charge in [-0.05, 0) is 42.4 Å². The van der Waals surface area contributed by atoms with E-state index in [2.05, 4.69) is 25.1 Å². The summed E-state index contributed by atoms with van der Waals surface area (Å²) in [6.45, 7) is 8.49. The molecular formula is C17H26N2O4S2. The summed E-state index contributed by atoms with van der Waals surface area (Å²) in [5.74, 6) is 0.483. The maximum absolute atomic E-state index is 12.7. The third kappa shape index (κ3) is 5.13. The fourth-order valence-electron chi connectivity index (χ4n) is 2.82. The summed E-state index contributed by atoms with van der Waals surface area (Å²) in [5, 5.41) is 0.882. The van der Waals surface area contributed by atoms with Gasteiger partial charge in [0.15, 0.2) is 0 Å². The Morgan fingerprint density at radius 2 is 1.72 bits per heavy atom. The van der Waals surface area contributed by atoms with Gasteiger partial charge in [-0.3, -0.25) is 0 Å². The van der Waals surface area contributed by atoms with E-state index in [1.807, 2.05) is 12.1 Å². The van der Waals surface area contributed by atoms with E-state index in [4.69, 9.17) is 0 Å². The van der Waals surface area contributed by atoms with Crippen molar-refractivity contribution in [1.82, 2.24) is 9.03 Å². The number of hydrogen-bond acceptors (Lipinski definition) is 4. The number of sulfonamides is 2. The summed E-state index contributed by atoms with van der Waals surface area (Å²) in [5.41, 5.74) is 1.10. The molecule has 8 heteroatoms. The molecule has 25 heavy (non-hydrogen) atoms. The van der Waals surface area contributed by atoms with E-state index in [0.29, 0.717) is 43.3 Å². The molecule has 140 valence electrons. The van der Waals surface area contributed by atoms with E-state index in [9.17, 15) is 16.8 Å². The molecule has 0 bridgehead atoms. The first kappa shape index (κ1) is 20.1. The molecule has 0 amide bonds. The van der Waals surface area contributed by atoms with Crippen LogP contribution in [0.15, 0.2) is 41.1 Å². The fraction of sp³-hybridized carbons (Fsp3) is 0.529. The molecule has 0 aromatic heterocycles. The average Bonchev–Trinajstić information content (AvgIpc) is 2.60. The zero-order valence-electron chi connectivity index (χ0n) is 14.7. The van der Waals surface area contributed by atoms with Crippen LogP contribution in [0, 0.1) is 5.92 Å². The van der Waals surface area contributed by atoms with Gasteiger partial charge in [0.05, 0.1) is 4.90 Å². The predicted molar refractivity (Wildman–Crippen MR) is 99.1 cm³/mol. The Bertz CT molecular complexity index is 792. The lowest BCUT2D eigenvalue weighted by Crippen LogP contribution is -2.41. The molecule has 1 N–H and O–H groups in total. The smallest absolute Gasteiger partial charge is 0.211 e. The number of piperidine rings is 1. The van der Waals surface area contributed by atoms with Crippen molar-refractivity contribution in [2.45, 2.75) is 37.5 Å². The third-order valence-corrected chi connectivity index (χ3v) is 7.47. The Morgan fingerprint density at radius 3 is 2.20 bits per heavy atom. The van der Waals surface area contributed by atoms with E-state index >= 15 is 0 Å². The third-order valence-electron chi connectivity index (χ3n) is 4.55. The van der Waals surface area contributed by atoms with Crippen molar-refractivity contribution in [2.75, 3.05) is 19.6 Å². The molecule has 0 atom stereocenters. The zero-order chi connectivity index (χ0) is 18.7. The van der Waals surface area contributed by atoms with Gasteiger partial charge >= 0.3 is 0 Å². The monoisotopic (exact) mass is 386 g/mol. The maximum Gasteiger partial charge on any atom is 0.243 e. The summed E-state index contributed by atoms with van der Waals surface area (Å²) in [6.07, 6.45) is 1.26. The molecule has 1 aromatic carbocycles. The van der Waals surface area contributed by atoms with Crippen LogP contribution in [-0.4, -0.2) is 40.8 Å². The van der Waals surface area contributed by atoms with Gasteiger partial charge in [-0.15, -0.1) is 0 Å². The Balaban J connectivity index is 1.98. The molecule has 0 saturated carbocycles. The van der Waals surface area contributed by atoms with Gasteiger partial charge in [0.2, 0.25) is 20.0 Å². The number of nitrogens with zero attached hydrogens (tertiary/aromatic N) is 1. The van der Waals surface area contributed by atoms with E-state index in [0.717, 1.165) is 11.0 Å². The van der Waals surface area contributed by atoms with Gasteiger partial charge < -0.3 is 0 Å². The van der Waals surface area contributed by atoms with Crippen LogP contribution in [0.2, 0.25) is 0 Å². The van der Waals surface area contributed by atoms with Crippen molar-refractivity contribution in [2.24, 2.45) is 5.92 Å². The van der Waals surface area contributed by atoms with Gasteiger partial charge in [0.25, 0.3) is 0 Å². The molecule has 1 saturated heterocycles. The van der Waals surface area contributed by atoms with Crippen LogP contribution in [0.1, 0.15) is 38.2 Å². The molecule has 0 spiro atoms. The number of nitrogens with one attached hydrogen (secondary N) is 1. The van der Waals surface area contributed by atoms with Gasteiger partial charge in [-0.2, -0.15) is 4.31 Å². The minimum absolute atomic E-state index is 0.129. The van der Waals surface area contributed by atoms with E-state index in [-0.39, 0.29) is 5.92 Å². The molecule has 0 radical (unpaired) electrons. The Hall–Kier alpha value is -1.22. The molecular weight excluding hydrogens is 360 g/mol. The first-order valence-corrected chi connectivity index (χ1v) is 11.4. The summed E-state index contributed by atoms with van der Waals surface area (Å²) >= 11 is 0. The van der Waals surface area contributed by atoms with Gasteiger partial charge in [-0.1, -0.05) is 32.6 Å². The molecule has 1 fully saturated rings. The standard InChI is InChI=1S/C17H26N2O4S2/c1-4-24(20,21)18-13-15-9-11-19(12-10-15)25(22,23)17-7-5-16(6-8-17)14(2)3/h4-8,14-15,18H,1,9-13H2,2-3H3. The Morgan fingerprint density at radius 1 is 1.16 bits per heavy atom. The van der Waals surface area contributed by atoms with Crippen LogP contribution in [0.5, 0.6) is 0 Å². The highest BCUT2D eigenvalue weighted by Gasteiger charge is 2.29. The maximum atomic E-state index is 12.7. The lowest BCUT2D eigenvalue weighted by molar-refractivity contribution is 0.274. The second-order valence-corrected chi connectivity index (χ2v) is 10.3. The number of benzene rings is 1. The summed E-state index contributed by atoms with van der Waals surface area (Å²) in [6, 6.07) is 7.03. The van der Waals surface area contributed by atoms with Crippen molar-refractivity contribution >= 4 is 20.0 Å². The van der Waals surface area contributed by atoms with Crippen molar-refractivity contribution in [1.29, 1.82) is 0 Å². The van der Waals surface area contributed by atoms with Crippen molar-refractivity contribution in [3.63, 3.8) is 0 Å². The fourth-order valence-corrected chi connectivity index (χ4v) is 4.88. The minimum Gasteiger partial charge on any atom is -0.211 e. The summed E-state index contributed by atoms with van der Waals surface area (Å²) in [7, 11) is -6.93. The van der Waals surface area contributed by atoms with Gasteiger partial charge in [0.1, 0.15) is 0 Å². The second kappa shape index (κ2) is 7.99. The first-order chi connectivity index (χ1) is 11.7. The number of rotatable bonds is 7. The van der Waals surface area contributed by atoms with Gasteiger partial charge in [0, 0.05) is 25.0 Å². The summed E-state index contributed by atoms with van der Waals surface area (Å²) < 4.78 is 52.2. The summed E-state index contributed by atoms with van der Waals surface area (Å²) in [4.78, 5) is 0.308. The molecule has 1 heterocycles. The second-order valence-electron chi connectivity index (χ2n) is 6.63. The normalized spacial score (nSPS) is 17.7.